The van der Waals surface area contributed by atoms with Crippen molar-refractivity contribution >= 4 is 46.1 Å². The number of tetrazole rings is 1. The lowest BCUT2D eigenvalue weighted by atomic mass is 9.91. The number of nitrogens with zero attached hydrogens (tertiary/aromatic N) is 6. The van der Waals surface area contributed by atoms with Crippen LogP contribution in [0.3, 0.4) is 0 Å². The summed E-state index contributed by atoms with van der Waals surface area (Å²) in [5.74, 6) is -0.596. The Balaban J connectivity index is 1.31. The van der Waals surface area contributed by atoms with Crippen LogP contribution in [0.2, 0.25) is 5.02 Å². The SMILES string of the molecule is O=C(Nc1ccc2cn[nH]c2c1)[C@@H]1c2ccccc2CCN1C(=O)/C=C/c1cc(Cl)ccc1-n1cnnn1. The first-order valence-corrected chi connectivity index (χ1v) is 12.3. The molecule has 3 heterocycles. The van der Waals surface area contributed by atoms with Crippen LogP contribution in [-0.4, -0.2) is 53.7 Å². The second-order valence-electron chi connectivity index (χ2n) is 8.84. The first-order chi connectivity index (χ1) is 18.6. The molecule has 1 aliphatic heterocycles. The van der Waals surface area contributed by atoms with Gasteiger partial charge in [0.1, 0.15) is 12.4 Å². The van der Waals surface area contributed by atoms with Crippen molar-refractivity contribution in [2.24, 2.45) is 0 Å². The number of amides is 2. The van der Waals surface area contributed by atoms with E-state index in [9.17, 15) is 9.59 Å². The van der Waals surface area contributed by atoms with Gasteiger partial charge in [0.2, 0.25) is 5.91 Å². The van der Waals surface area contributed by atoms with Crippen molar-refractivity contribution in [1.29, 1.82) is 0 Å². The third-order valence-electron chi connectivity index (χ3n) is 6.52. The molecule has 188 valence electrons. The molecule has 0 bridgehead atoms. The lowest BCUT2D eigenvalue weighted by Gasteiger charge is -2.35. The number of nitrogens with one attached hydrogen (secondary N) is 2. The number of halogens is 1. The molecular weight excluding hydrogens is 504 g/mol. The van der Waals surface area contributed by atoms with Crippen molar-refractivity contribution < 1.29 is 9.59 Å². The van der Waals surface area contributed by atoms with Crippen molar-refractivity contribution in [3.05, 3.63) is 101 Å². The number of anilines is 1. The van der Waals surface area contributed by atoms with Gasteiger partial charge < -0.3 is 10.2 Å². The van der Waals surface area contributed by atoms with E-state index in [4.69, 9.17) is 11.6 Å². The predicted molar refractivity (Wildman–Crippen MR) is 143 cm³/mol. The number of hydrogen-bond acceptors (Lipinski definition) is 6. The predicted octanol–water partition coefficient (Wildman–Crippen LogP) is 3.97. The summed E-state index contributed by atoms with van der Waals surface area (Å²) < 4.78 is 1.49. The molecule has 10 nitrogen and oxygen atoms in total. The van der Waals surface area contributed by atoms with E-state index in [1.807, 2.05) is 42.5 Å². The molecule has 11 heteroatoms. The van der Waals surface area contributed by atoms with Gasteiger partial charge in [-0.05, 0) is 70.4 Å². The molecule has 0 fully saturated rings. The Bertz CT molecular complexity index is 1680. The topological polar surface area (TPSA) is 122 Å². The number of benzene rings is 3. The molecule has 0 aliphatic carbocycles. The Morgan fingerprint density at radius 2 is 2.00 bits per heavy atom. The van der Waals surface area contributed by atoms with E-state index in [0.29, 0.717) is 34.9 Å². The lowest BCUT2D eigenvalue weighted by Crippen LogP contribution is -2.44. The van der Waals surface area contributed by atoms with Crippen LogP contribution in [0.1, 0.15) is 22.7 Å². The molecule has 0 saturated carbocycles. The molecule has 1 aliphatic rings. The van der Waals surface area contributed by atoms with Crippen molar-refractivity contribution in [1.82, 2.24) is 35.3 Å². The van der Waals surface area contributed by atoms with Crippen molar-refractivity contribution in [3.8, 4) is 5.69 Å². The minimum atomic E-state index is -0.798. The van der Waals surface area contributed by atoms with Crippen LogP contribution in [0, 0.1) is 0 Å². The average Bonchev–Trinajstić information content (AvgIpc) is 3.63. The summed E-state index contributed by atoms with van der Waals surface area (Å²) in [6.45, 7) is 0.396. The van der Waals surface area contributed by atoms with Crippen LogP contribution >= 0.6 is 11.6 Å². The van der Waals surface area contributed by atoms with Crippen LogP contribution in [0.25, 0.3) is 22.7 Å². The Labute approximate surface area is 221 Å². The highest BCUT2D eigenvalue weighted by atomic mass is 35.5. The van der Waals surface area contributed by atoms with E-state index in [2.05, 4.69) is 31.0 Å². The van der Waals surface area contributed by atoms with E-state index in [1.165, 1.54) is 17.1 Å². The number of fused-ring (bicyclic) bond motifs is 2. The number of hydrogen-bond donors (Lipinski definition) is 2. The number of rotatable bonds is 5. The first-order valence-electron chi connectivity index (χ1n) is 11.9. The van der Waals surface area contributed by atoms with Crippen LogP contribution in [0.4, 0.5) is 5.69 Å². The highest BCUT2D eigenvalue weighted by Gasteiger charge is 2.35. The monoisotopic (exact) mass is 524 g/mol. The summed E-state index contributed by atoms with van der Waals surface area (Å²) in [4.78, 5) is 28.8. The summed E-state index contributed by atoms with van der Waals surface area (Å²) in [6.07, 6.45) is 6.94. The zero-order valence-corrected chi connectivity index (χ0v) is 20.7. The van der Waals surface area contributed by atoms with E-state index < -0.39 is 6.04 Å². The van der Waals surface area contributed by atoms with Gasteiger partial charge >= 0.3 is 0 Å². The molecule has 5 aromatic rings. The molecule has 2 aromatic heterocycles. The number of carbonyl (C=O) groups excluding carboxylic acids is 2. The minimum Gasteiger partial charge on any atom is -0.324 e. The highest BCUT2D eigenvalue weighted by molar-refractivity contribution is 6.30. The zero-order chi connectivity index (χ0) is 26.1. The van der Waals surface area contributed by atoms with E-state index in [1.54, 1.807) is 35.4 Å². The maximum Gasteiger partial charge on any atom is 0.251 e. The Morgan fingerprint density at radius 1 is 1.11 bits per heavy atom. The molecule has 6 rings (SSSR count). The summed E-state index contributed by atoms with van der Waals surface area (Å²) in [7, 11) is 0. The normalized spacial score (nSPS) is 15.1. The second-order valence-corrected chi connectivity index (χ2v) is 9.27. The molecule has 3 aromatic carbocycles. The standard InChI is InChI=1S/C27H21ClN8O2/c28-20-7-9-24(36-16-30-33-34-36)18(13-20)6-10-25(37)35-12-11-17-3-1-2-4-22(17)26(35)27(38)31-21-8-5-19-15-29-32-23(19)14-21/h1-10,13-16,26H,11-12H2,(H,29,32)(H,31,38)/b10-6+/t26-/m0/s1. The summed E-state index contributed by atoms with van der Waals surface area (Å²) in [6, 6.07) is 17.6. The van der Waals surface area contributed by atoms with Crippen LogP contribution in [0.5, 0.6) is 0 Å². The first kappa shape index (κ1) is 23.6. The maximum atomic E-state index is 13.7. The van der Waals surface area contributed by atoms with Crippen molar-refractivity contribution in [2.45, 2.75) is 12.5 Å². The van der Waals surface area contributed by atoms with E-state index >= 15 is 0 Å². The molecular formula is C27H21ClN8O2. The number of aromatic amines is 1. The summed E-state index contributed by atoms with van der Waals surface area (Å²) >= 11 is 6.22. The largest absolute Gasteiger partial charge is 0.324 e. The number of carbonyl (C=O) groups is 2. The highest BCUT2D eigenvalue weighted by Crippen LogP contribution is 2.32. The molecule has 0 radical (unpaired) electrons. The van der Waals surface area contributed by atoms with Gasteiger partial charge in [-0.3, -0.25) is 14.7 Å². The molecule has 2 amide bonds. The molecule has 2 N–H and O–H groups in total. The van der Waals surface area contributed by atoms with Gasteiger partial charge in [-0.15, -0.1) is 5.10 Å². The Hall–Kier alpha value is -4.83. The van der Waals surface area contributed by atoms with E-state index in [-0.39, 0.29) is 11.8 Å². The Kier molecular flexibility index (Phi) is 6.14. The lowest BCUT2D eigenvalue weighted by molar-refractivity contribution is -0.135. The summed E-state index contributed by atoms with van der Waals surface area (Å²) in [5.41, 5.74) is 4.59. The molecule has 0 spiro atoms. The molecule has 0 saturated heterocycles. The fourth-order valence-electron chi connectivity index (χ4n) is 4.71. The van der Waals surface area contributed by atoms with Gasteiger partial charge in [0, 0.05) is 34.3 Å². The number of H-pyrrole nitrogens is 1. The van der Waals surface area contributed by atoms with Crippen molar-refractivity contribution in [2.75, 3.05) is 11.9 Å². The van der Waals surface area contributed by atoms with Crippen LogP contribution in [0.15, 0.2) is 79.3 Å². The average molecular weight is 525 g/mol. The second kappa shape index (κ2) is 9.91. The molecule has 1 atom stereocenters. The number of aromatic nitrogens is 6. The minimum absolute atomic E-state index is 0.296. The van der Waals surface area contributed by atoms with Gasteiger partial charge in [-0.25, -0.2) is 0 Å². The van der Waals surface area contributed by atoms with E-state index in [0.717, 1.165) is 22.0 Å². The third kappa shape index (κ3) is 4.53. The van der Waals surface area contributed by atoms with Gasteiger partial charge in [0.05, 0.1) is 17.4 Å². The fourth-order valence-corrected chi connectivity index (χ4v) is 4.89. The van der Waals surface area contributed by atoms with Gasteiger partial charge in [0.15, 0.2) is 0 Å². The third-order valence-corrected chi connectivity index (χ3v) is 6.75. The zero-order valence-electron chi connectivity index (χ0n) is 20.0. The van der Waals surface area contributed by atoms with Crippen LogP contribution < -0.4 is 5.32 Å². The fraction of sp³-hybridized carbons (Fsp3) is 0.111. The molecule has 0 unspecified atom stereocenters. The van der Waals surface area contributed by atoms with Gasteiger partial charge in [-0.2, -0.15) is 9.78 Å². The maximum absolute atomic E-state index is 13.7. The van der Waals surface area contributed by atoms with Crippen LogP contribution in [-0.2, 0) is 16.0 Å². The summed E-state index contributed by atoms with van der Waals surface area (Å²) in [5, 5.41) is 22.7. The van der Waals surface area contributed by atoms with Gasteiger partial charge in [0.25, 0.3) is 5.91 Å². The smallest absolute Gasteiger partial charge is 0.251 e. The molecule has 38 heavy (non-hydrogen) atoms. The quantitative estimate of drug-likeness (QED) is 0.335. The van der Waals surface area contributed by atoms with Crippen molar-refractivity contribution in [3.63, 3.8) is 0 Å². The van der Waals surface area contributed by atoms with Gasteiger partial charge in [-0.1, -0.05) is 35.9 Å². The Morgan fingerprint density at radius 3 is 2.87 bits per heavy atom.